The smallest absolute Gasteiger partial charge is 0.327 e. The molecule has 0 spiro atoms. The average Bonchev–Trinajstić information content (AvgIpc) is 2.15. The highest BCUT2D eigenvalue weighted by Gasteiger charge is 2.43. The van der Waals surface area contributed by atoms with Crippen molar-refractivity contribution < 1.29 is 14.1 Å². The van der Waals surface area contributed by atoms with E-state index in [2.05, 4.69) is 0 Å². The lowest BCUT2D eigenvalue weighted by atomic mass is 10.1. The summed E-state index contributed by atoms with van der Waals surface area (Å²) in [6, 6.07) is 0. The van der Waals surface area contributed by atoms with Crippen molar-refractivity contribution in [1.29, 1.82) is 0 Å². The van der Waals surface area contributed by atoms with E-state index in [1.807, 2.05) is 0 Å². The molecule has 58 valence electrons. The van der Waals surface area contributed by atoms with E-state index in [4.69, 9.17) is 9.29 Å². The second-order valence-corrected chi connectivity index (χ2v) is 3.35. The van der Waals surface area contributed by atoms with Crippen molar-refractivity contribution in [1.82, 2.24) is 4.31 Å². The fourth-order valence-electron chi connectivity index (χ4n) is 0.590. The Kier molecular flexibility index (Phi) is 1.89. The van der Waals surface area contributed by atoms with Gasteiger partial charge in [-0.15, -0.1) is 0 Å². The molecular weight excluding hydrogens is 154 g/mol. The number of nitrogens with zero attached hydrogens (tertiary/aromatic N) is 1. The third-order valence-electron chi connectivity index (χ3n) is 1.66. The summed E-state index contributed by atoms with van der Waals surface area (Å²) in [5, 5.41) is 8.71. The fourth-order valence-corrected chi connectivity index (χ4v) is 1.33. The molecule has 1 fully saturated rings. The van der Waals surface area contributed by atoms with Gasteiger partial charge in [-0.3, -0.25) is 8.98 Å². The van der Waals surface area contributed by atoms with Gasteiger partial charge in [0.25, 0.3) is 0 Å². The first-order chi connectivity index (χ1) is 4.57. The van der Waals surface area contributed by atoms with Gasteiger partial charge in [0.15, 0.2) is 5.54 Å². The van der Waals surface area contributed by atoms with E-state index in [0.29, 0.717) is 0 Å². The number of carboxylic acids is 1. The molecule has 0 bridgehead atoms. The minimum Gasteiger partial charge on any atom is -0.480 e. The van der Waals surface area contributed by atoms with Gasteiger partial charge in [0.1, 0.15) is 0 Å². The topological polar surface area (TPSA) is 49.8 Å². The molecule has 10 heavy (non-hydrogen) atoms. The van der Waals surface area contributed by atoms with Crippen LogP contribution < -0.4 is 0 Å². The Morgan fingerprint density at radius 3 is 2.70 bits per heavy atom. The lowest BCUT2D eigenvalue weighted by Gasteiger charge is -2.22. The van der Waals surface area contributed by atoms with Crippen LogP contribution in [0.15, 0.2) is 0 Å². The maximum Gasteiger partial charge on any atom is 0.327 e. The van der Waals surface area contributed by atoms with Crippen LogP contribution in [-0.2, 0) is 8.98 Å². The monoisotopic (exact) mass is 163 g/mol. The third-order valence-corrected chi connectivity index (χ3v) is 2.51. The molecule has 0 aromatic rings. The van der Waals surface area contributed by atoms with Gasteiger partial charge in [-0.1, -0.05) is 0 Å². The molecule has 1 saturated heterocycles. The molecular formula is C5H9NO3S. The van der Waals surface area contributed by atoms with Gasteiger partial charge in [0.05, 0.1) is 18.8 Å². The standard InChI is InChI=1S/C5H9NO3S/c1-5(4(7)8)3-9-10-6(5)2/h3H2,1-2H3,(H,7,8). The van der Waals surface area contributed by atoms with Crippen molar-refractivity contribution in [3.8, 4) is 0 Å². The zero-order valence-electron chi connectivity index (χ0n) is 5.83. The highest BCUT2D eigenvalue weighted by atomic mass is 32.2. The van der Waals surface area contributed by atoms with Crippen LogP contribution in [0.4, 0.5) is 0 Å². The predicted molar refractivity (Wildman–Crippen MR) is 37.3 cm³/mol. The zero-order valence-corrected chi connectivity index (χ0v) is 6.64. The summed E-state index contributed by atoms with van der Waals surface area (Å²) in [7, 11) is 1.70. The number of hydrogen-bond acceptors (Lipinski definition) is 4. The molecule has 0 aromatic heterocycles. The van der Waals surface area contributed by atoms with Crippen molar-refractivity contribution in [2.45, 2.75) is 12.5 Å². The van der Waals surface area contributed by atoms with Gasteiger partial charge in [-0.25, -0.2) is 4.31 Å². The molecule has 1 aliphatic heterocycles. The van der Waals surface area contributed by atoms with Crippen LogP contribution in [0.5, 0.6) is 0 Å². The van der Waals surface area contributed by atoms with Crippen LogP contribution in [0.3, 0.4) is 0 Å². The van der Waals surface area contributed by atoms with E-state index in [0.717, 1.165) is 12.2 Å². The number of carbonyl (C=O) groups is 1. The Morgan fingerprint density at radius 2 is 2.50 bits per heavy atom. The summed E-state index contributed by atoms with van der Waals surface area (Å²) < 4.78 is 6.49. The summed E-state index contributed by atoms with van der Waals surface area (Å²) >= 11 is 1.08. The molecule has 1 N–H and O–H groups in total. The van der Waals surface area contributed by atoms with Gasteiger partial charge < -0.3 is 5.11 Å². The number of likely N-dealkylation sites (N-methyl/N-ethyl adjacent to an activating group) is 1. The number of aliphatic carboxylic acids is 1. The zero-order chi connectivity index (χ0) is 7.78. The normalized spacial score (nSPS) is 34.6. The first kappa shape index (κ1) is 7.84. The Labute approximate surface area is 63.5 Å². The highest BCUT2D eigenvalue weighted by Crippen LogP contribution is 2.31. The first-order valence-corrected chi connectivity index (χ1v) is 3.54. The van der Waals surface area contributed by atoms with Crippen molar-refractivity contribution in [3.63, 3.8) is 0 Å². The molecule has 0 amide bonds. The Balaban J connectivity index is 2.75. The van der Waals surface area contributed by atoms with Crippen LogP contribution in [0.25, 0.3) is 0 Å². The largest absolute Gasteiger partial charge is 0.480 e. The maximum atomic E-state index is 10.6. The van der Waals surface area contributed by atoms with Crippen LogP contribution in [-0.4, -0.2) is 34.6 Å². The van der Waals surface area contributed by atoms with Gasteiger partial charge in [0, 0.05) is 7.05 Å². The summed E-state index contributed by atoms with van der Waals surface area (Å²) in [6.07, 6.45) is 0. The van der Waals surface area contributed by atoms with E-state index >= 15 is 0 Å². The van der Waals surface area contributed by atoms with Gasteiger partial charge in [-0.05, 0) is 6.92 Å². The third kappa shape index (κ3) is 1.00. The van der Waals surface area contributed by atoms with Gasteiger partial charge in [0.2, 0.25) is 0 Å². The number of rotatable bonds is 1. The molecule has 1 unspecified atom stereocenters. The molecule has 4 nitrogen and oxygen atoms in total. The molecule has 0 aromatic carbocycles. The molecule has 5 heteroatoms. The van der Waals surface area contributed by atoms with E-state index < -0.39 is 11.5 Å². The Hall–Kier alpha value is -0.260. The molecule has 1 atom stereocenters. The maximum absolute atomic E-state index is 10.6. The molecule has 0 radical (unpaired) electrons. The van der Waals surface area contributed by atoms with Crippen molar-refractivity contribution in [2.75, 3.05) is 13.7 Å². The first-order valence-electron chi connectivity index (χ1n) is 2.84. The van der Waals surface area contributed by atoms with Crippen LogP contribution in [0.2, 0.25) is 0 Å². The van der Waals surface area contributed by atoms with Crippen molar-refractivity contribution in [2.24, 2.45) is 0 Å². The quantitative estimate of drug-likeness (QED) is 0.446. The van der Waals surface area contributed by atoms with Crippen LogP contribution in [0, 0.1) is 0 Å². The Morgan fingerprint density at radius 1 is 1.90 bits per heavy atom. The second kappa shape index (κ2) is 2.41. The molecule has 1 rings (SSSR count). The lowest BCUT2D eigenvalue weighted by Crippen LogP contribution is -2.46. The minimum atomic E-state index is -0.856. The summed E-state index contributed by atoms with van der Waals surface area (Å²) in [5.74, 6) is -0.847. The summed E-state index contributed by atoms with van der Waals surface area (Å²) in [6.45, 7) is 1.87. The van der Waals surface area contributed by atoms with Crippen LogP contribution in [0.1, 0.15) is 6.92 Å². The van der Waals surface area contributed by atoms with Gasteiger partial charge >= 0.3 is 5.97 Å². The van der Waals surface area contributed by atoms with Gasteiger partial charge in [-0.2, -0.15) is 0 Å². The Bertz CT molecular complexity index is 163. The summed E-state index contributed by atoms with van der Waals surface area (Å²) in [4.78, 5) is 10.6. The summed E-state index contributed by atoms with van der Waals surface area (Å²) in [5.41, 5.74) is -0.856. The van der Waals surface area contributed by atoms with E-state index in [-0.39, 0.29) is 6.61 Å². The lowest BCUT2D eigenvalue weighted by molar-refractivity contribution is -0.146. The molecule has 0 saturated carbocycles. The highest BCUT2D eigenvalue weighted by molar-refractivity contribution is 7.92. The molecule has 1 heterocycles. The number of carboxylic acid groups (broad SMARTS) is 1. The average molecular weight is 163 g/mol. The van der Waals surface area contributed by atoms with Crippen molar-refractivity contribution in [3.05, 3.63) is 0 Å². The minimum absolute atomic E-state index is 0.240. The number of hydrogen-bond donors (Lipinski definition) is 1. The van der Waals surface area contributed by atoms with E-state index in [1.54, 1.807) is 18.3 Å². The molecule has 0 aliphatic carbocycles. The second-order valence-electron chi connectivity index (χ2n) is 2.41. The fraction of sp³-hybridized carbons (Fsp3) is 0.800. The predicted octanol–water partition coefficient (Wildman–Crippen LogP) is 0.355. The molecule has 1 aliphatic rings. The van der Waals surface area contributed by atoms with E-state index in [1.165, 1.54) is 0 Å². The van der Waals surface area contributed by atoms with Crippen LogP contribution >= 0.6 is 12.2 Å². The SMILES string of the molecule is CN1SOCC1(C)C(=O)O. The van der Waals surface area contributed by atoms with Crippen molar-refractivity contribution >= 4 is 18.2 Å². The van der Waals surface area contributed by atoms with E-state index in [9.17, 15) is 4.79 Å².